The highest BCUT2D eigenvalue weighted by Gasteiger charge is 2.18. The molecule has 0 saturated carbocycles. The quantitative estimate of drug-likeness (QED) is 0.874. The summed E-state index contributed by atoms with van der Waals surface area (Å²) in [5.41, 5.74) is 5.78. The van der Waals surface area contributed by atoms with Crippen molar-refractivity contribution in [1.82, 2.24) is 4.90 Å². The van der Waals surface area contributed by atoms with Crippen molar-refractivity contribution in [1.29, 1.82) is 0 Å². The molecule has 0 aliphatic carbocycles. The van der Waals surface area contributed by atoms with Crippen molar-refractivity contribution < 1.29 is 9.53 Å². The minimum absolute atomic E-state index is 0.0334. The monoisotopic (exact) mass is 352 g/mol. The summed E-state index contributed by atoms with van der Waals surface area (Å²) >= 11 is 0. The predicted molar refractivity (Wildman–Crippen MR) is 106 cm³/mol. The molecule has 3 rings (SSSR count). The Labute approximate surface area is 156 Å². The minimum Gasteiger partial charge on any atom is -0.379 e. The molecule has 0 radical (unpaired) electrons. The maximum absolute atomic E-state index is 11.3. The van der Waals surface area contributed by atoms with Crippen molar-refractivity contribution in [2.45, 2.75) is 33.2 Å². The summed E-state index contributed by atoms with van der Waals surface area (Å²) in [6.07, 6.45) is 0.885. The summed E-state index contributed by atoms with van der Waals surface area (Å²) in [4.78, 5) is 13.8. The SMILES string of the molecule is CCc1cc(-c2ccc([C@@H](C)N3CCOCC3)cc2)ccc1NC(C)=O. The highest BCUT2D eigenvalue weighted by Crippen LogP contribution is 2.28. The van der Waals surface area contributed by atoms with Gasteiger partial charge in [0.2, 0.25) is 5.91 Å². The van der Waals surface area contributed by atoms with Crippen LogP contribution in [0.15, 0.2) is 42.5 Å². The summed E-state index contributed by atoms with van der Waals surface area (Å²) in [7, 11) is 0. The molecule has 1 N–H and O–H groups in total. The van der Waals surface area contributed by atoms with Gasteiger partial charge >= 0.3 is 0 Å². The second kappa shape index (κ2) is 8.47. The number of carbonyl (C=O) groups is 1. The van der Waals surface area contributed by atoms with Crippen molar-refractivity contribution >= 4 is 11.6 Å². The molecule has 138 valence electrons. The van der Waals surface area contributed by atoms with Gasteiger partial charge in [0.05, 0.1) is 13.2 Å². The van der Waals surface area contributed by atoms with Crippen LogP contribution in [0.5, 0.6) is 0 Å². The third-order valence-electron chi connectivity index (χ3n) is 5.12. The maximum atomic E-state index is 11.3. The molecule has 4 heteroatoms. The molecule has 1 aliphatic heterocycles. The average Bonchev–Trinajstić information content (AvgIpc) is 2.68. The Balaban J connectivity index is 1.78. The molecule has 1 saturated heterocycles. The first-order valence-electron chi connectivity index (χ1n) is 9.41. The Hall–Kier alpha value is -2.17. The molecule has 0 unspecified atom stereocenters. The molecule has 1 atom stereocenters. The average molecular weight is 352 g/mol. The van der Waals surface area contributed by atoms with E-state index in [9.17, 15) is 4.79 Å². The Kier molecular flexibility index (Phi) is 6.07. The first-order valence-corrected chi connectivity index (χ1v) is 9.41. The topological polar surface area (TPSA) is 41.6 Å². The summed E-state index contributed by atoms with van der Waals surface area (Å²) in [6.45, 7) is 9.55. The Bertz CT molecular complexity index is 749. The van der Waals surface area contributed by atoms with Crippen LogP contribution < -0.4 is 5.32 Å². The van der Waals surface area contributed by atoms with Crippen LogP contribution in [0.25, 0.3) is 11.1 Å². The molecule has 4 nitrogen and oxygen atoms in total. The van der Waals surface area contributed by atoms with Crippen LogP contribution in [0.3, 0.4) is 0 Å². The van der Waals surface area contributed by atoms with Gasteiger partial charge in [-0.2, -0.15) is 0 Å². The Morgan fingerprint density at radius 1 is 1.12 bits per heavy atom. The molecule has 26 heavy (non-hydrogen) atoms. The molecular weight excluding hydrogens is 324 g/mol. The van der Waals surface area contributed by atoms with Crippen LogP contribution in [0.4, 0.5) is 5.69 Å². The van der Waals surface area contributed by atoms with E-state index in [4.69, 9.17) is 4.74 Å². The molecule has 2 aromatic rings. The number of aryl methyl sites for hydroxylation is 1. The van der Waals surface area contributed by atoms with Crippen LogP contribution in [-0.4, -0.2) is 37.1 Å². The number of nitrogens with zero attached hydrogens (tertiary/aromatic N) is 1. The highest BCUT2D eigenvalue weighted by atomic mass is 16.5. The number of nitrogens with one attached hydrogen (secondary N) is 1. The number of anilines is 1. The Morgan fingerprint density at radius 2 is 1.77 bits per heavy atom. The van der Waals surface area contributed by atoms with Gasteiger partial charge in [0.25, 0.3) is 0 Å². The molecular formula is C22H28N2O2. The standard InChI is InChI=1S/C22H28N2O2/c1-4-18-15-21(9-10-22(18)23-17(3)25)20-7-5-19(6-8-20)16(2)24-11-13-26-14-12-24/h5-10,15-16H,4,11-14H2,1-3H3,(H,23,25)/t16-/m1/s1. The molecule has 0 spiro atoms. The van der Waals surface area contributed by atoms with Gasteiger partial charge in [-0.15, -0.1) is 0 Å². The minimum atomic E-state index is -0.0334. The normalized spacial score (nSPS) is 16.3. The second-order valence-electron chi connectivity index (χ2n) is 6.85. The molecule has 1 aliphatic rings. The van der Waals surface area contributed by atoms with Gasteiger partial charge in [0.1, 0.15) is 0 Å². The fourth-order valence-corrected chi connectivity index (χ4v) is 3.51. The number of ether oxygens (including phenoxy) is 1. The molecule has 0 bridgehead atoms. The van der Waals surface area contributed by atoms with Gasteiger partial charge in [-0.05, 0) is 47.7 Å². The van der Waals surface area contributed by atoms with Gasteiger partial charge in [-0.1, -0.05) is 37.3 Å². The summed E-state index contributed by atoms with van der Waals surface area (Å²) in [5.74, 6) is -0.0334. The van der Waals surface area contributed by atoms with Crippen LogP contribution in [0.1, 0.15) is 37.9 Å². The van der Waals surface area contributed by atoms with Crippen molar-refractivity contribution in [2.75, 3.05) is 31.6 Å². The van der Waals surface area contributed by atoms with Crippen molar-refractivity contribution in [3.05, 3.63) is 53.6 Å². The maximum Gasteiger partial charge on any atom is 0.221 e. The lowest BCUT2D eigenvalue weighted by molar-refractivity contribution is -0.114. The van der Waals surface area contributed by atoms with Crippen molar-refractivity contribution in [3.63, 3.8) is 0 Å². The first-order chi connectivity index (χ1) is 12.6. The van der Waals surface area contributed by atoms with Gasteiger partial charge in [0.15, 0.2) is 0 Å². The molecule has 1 fully saturated rings. The number of hydrogen-bond acceptors (Lipinski definition) is 3. The number of benzene rings is 2. The summed E-state index contributed by atoms with van der Waals surface area (Å²) in [5, 5.41) is 2.91. The molecule has 2 aromatic carbocycles. The van der Waals surface area contributed by atoms with Gasteiger partial charge in [0, 0.05) is 31.7 Å². The van der Waals surface area contributed by atoms with Gasteiger partial charge in [-0.3, -0.25) is 9.69 Å². The third-order valence-corrected chi connectivity index (χ3v) is 5.12. The van der Waals surface area contributed by atoms with E-state index in [1.165, 1.54) is 16.7 Å². The lowest BCUT2D eigenvalue weighted by Gasteiger charge is -2.32. The number of amides is 1. The molecule has 1 amide bonds. The van der Waals surface area contributed by atoms with E-state index in [1.807, 2.05) is 6.07 Å². The largest absolute Gasteiger partial charge is 0.379 e. The number of hydrogen-bond donors (Lipinski definition) is 1. The second-order valence-corrected chi connectivity index (χ2v) is 6.85. The van der Waals surface area contributed by atoms with E-state index in [0.717, 1.165) is 44.0 Å². The zero-order valence-electron chi connectivity index (χ0n) is 15.9. The van der Waals surface area contributed by atoms with Crippen molar-refractivity contribution in [3.8, 4) is 11.1 Å². The zero-order chi connectivity index (χ0) is 18.5. The Morgan fingerprint density at radius 3 is 2.38 bits per heavy atom. The van der Waals surface area contributed by atoms with Gasteiger partial charge in [-0.25, -0.2) is 0 Å². The zero-order valence-corrected chi connectivity index (χ0v) is 15.9. The van der Waals surface area contributed by atoms with Crippen LogP contribution in [0.2, 0.25) is 0 Å². The summed E-state index contributed by atoms with van der Waals surface area (Å²) < 4.78 is 5.45. The third kappa shape index (κ3) is 4.32. The molecule has 1 heterocycles. The number of rotatable bonds is 5. The number of morpholine rings is 1. The predicted octanol–water partition coefficient (Wildman–Crippen LogP) is 4.27. The summed E-state index contributed by atoms with van der Waals surface area (Å²) in [6, 6.07) is 15.5. The highest BCUT2D eigenvalue weighted by molar-refractivity contribution is 5.90. The van der Waals surface area contributed by atoms with E-state index in [2.05, 4.69) is 60.5 Å². The van der Waals surface area contributed by atoms with E-state index in [-0.39, 0.29) is 5.91 Å². The number of carbonyl (C=O) groups excluding carboxylic acids is 1. The van der Waals surface area contributed by atoms with Crippen molar-refractivity contribution in [2.24, 2.45) is 0 Å². The van der Waals surface area contributed by atoms with E-state index < -0.39 is 0 Å². The van der Waals surface area contributed by atoms with E-state index in [1.54, 1.807) is 6.92 Å². The van der Waals surface area contributed by atoms with Crippen LogP contribution in [0, 0.1) is 0 Å². The lowest BCUT2D eigenvalue weighted by Crippen LogP contribution is -2.37. The van der Waals surface area contributed by atoms with Gasteiger partial charge < -0.3 is 10.1 Å². The fraction of sp³-hybridized carbons (Fsp3) is 0.409. The fourth-order valence-electron chi connectivity index (χ4n) is 3.51. The first kappa shape index (κ1) is 18.6. The smallest absolute Gasteiger partial charge is 0.221 e. The van der Waals surface area contributed by atoms with E-state index in [0.29, 0.717) is 6.04 Å². The van der Waals surface area contributed by atoms with Crippen LogP contribution >= 0.6 is 0 Å². The lowest BCUT2D eigenvalue weighted by atomic mass is 9.98. The van der Waals surface area contributed by atoms with E-state index >= 15 is 0 Å². The van der Waals surface area contributed by atoms with Crippen LogP contribution in [-0.2, 0) is 16.0 Å². The molecule has 0 aromatic heterocycles.